The fourth-order valence-corrected chi connectivity index (χ4v) is 2.44. The summed E-state index contributed by atoms with van der Waals surface area (Å²) >= 11 is 0. The SMILES string of the molecule is CC(C)(C)NC(=O)CCNC1CCCC1CN. The lowest BCUT2D eigenvalue weighted by Gasteiger charge is -2.22. The molecule has 1 rings (SSSR count). The van der Waals surface area contributed by atoms with Crippen LogP contribution in [0.2, 0.25) is 0 Å². The van der Waals surface area contributed by atoms with E-state index in [1.165, 1.54) is 19.3 Å². The van der Waals surface area contributed by atoms with E-state index in [1.807, 2.05) is 20.8 Å². The van der Waals surface area contributed by atoms with Gasteiger partial charge in [0.1, 0.15) is 0 Å². The molecule has 4 heteroatoms. The van der Waals surface area contributed by atoms with Crippen molar-refractivity contribution in [2.24, 2.45) is 11.7 Å². The average Bonchev–Trinajstić information content (AvgIpc) is 2.62. The lowest BCUT2D eigenvalue weighted by atomic mass is 10.0. The summed E-state index contributed by atoms with van der Waals surface area (Å²) in [4.78, 5) is 11.6. The van der Waals surface area contributed by atoms with Crippen molar-refractivity contribution in [3.05, 3.63) is 0 Å². The second-order valence-corrected chi connectivity index (χ2v) is 6.04. The Bertz CT molecular complexity index is 248. The normalized spacial score (nSPS) is 24.9. The zero-order valence-corrected chi connectivity index (χ0v) is 11.4. The standard InChI is InChI=1S/C13H27N3O/c1-13(2,3)16-12(17)7-8-15-11-6-4-5-10(11)9-14/h10-11,15H,4-9,14H2,1-3H3,(H,16,17). The summed E-state index contributed by atoms with van der Waals surface area (Å²) < 4.78 is 0. The Morgan fingerprint density at radius 2 is 2.06 bits per heavy atom. The van der Waals surface area contributed by atoms with E-state index in [0.29, 0.717) is 18.4 Å². The summed E-state index contributed by atoms with van der Waals surface area (Å²) in [7, 11) is 0. The van der Waals surface area contributed by atoms with E-state index in [9.17, 15) is 4.79 Å². The Morgan fingerprint density at radius 3 is 2.65 bits per heavy atom. The minimum Gasteiger partial charge on any atom is -0.351 e. The van der Waals surface area contributed by atoms with Crippen molar-refractivity contribution in [1.82, 2.24) is 10.6 Å². The maximum atomic E-state index is 11.6. The van der Waals surface area contributed by atoms with E-state index in [2.05, 4.69) is 10.6 Å². The van der Waals surface area contributed by atoms with Crippen molar-refractivity contribution >= 4 is 5.91 Å². The molecule has 1 fully saturated rings. The van der Waals surface area contributed by atoms with Gasteiger partial charge in [0.25, 0.3) is 0 Å². The highest BCUT2D eigenvalue weighted by Gasteiger charge is 2.25. The van der Waals surface area contributed by atoms with E-state index < -0.39 is 0 Å². The second-order valence-electron chi connectivity index (χ2n) is 6.04. The van der Waals surface area contributed by atoms with Gasteiger partial charge in [-0.2, -0.15) is 0 Å². The maximum Gasteiger partial charge on any atom is 0.221 e. The van der Waals surface area contributed by atoms with E-state index >= 15 is 0 Å². The predicted molar refractivity (Wildman–Crippen MR) is 70.7 cm³/mol. The number of rotatable bonds is 5. The van der Waals surface area contributed by atoms with Gasteiger partial charge >= 0.3 is 0 Å². The van der Waals surface area contributed by atoms with Crippen molar-refractivity contribution in [1.29, 1.82) is 0 Å². The molecule has 2 atom stereocenters. The Morgan fingerprint density at radius 1 is 1.35 bits per heavy atom. The first kappa shape index (κ1) is 14.5. The first-order valence-corrected chi connectivity index (χ1v) is 6.67. The molecular formula is C13H27N3O. The molecule has 0 aromatic heterocycles. The van der Waals surface area contributed by atoms with Crippen LogP contribution >= 0.6 is 0 Å². The highest BCUT2D eigenvalue weighted by molar-refractivity contribution is 5.76. The zero-order valence-electron chi connectivity index (χ0n) is 11.4. The van der Waals surface area contributed by atoms with Crippen LogP contribution in [0.4, 0.5) is 0 Å². The van der Waals surface area contributed by atoms with Crippen LogP contribution in [0, 0.1) is 5.92 Å². The number of hydrogen-bond donors (Lipinski definition) is 3. The van der Waals surface area contributed by atoms with Crippen molar-refractivity contribution in [3.63, 3.8) is 0 Å². The van der Waals surface area contributed by atoms with Crippen LogP contribution in [0.15, 0.2) is 0 Å². The molecule has 0 aromatic rings. The van der Waals surface area contributed by atoms with Crippen LogP contribution in [0.1, 0.15) is 46.5 Å². The van der Waals surface area contributed by atoms with Gasteiger partial charge in [0.05, 0.1) is 0 Å². The van der Waals surface area contributed by atoms with Crippen LogP contribution in [0.3, 0.4) is 0 Å². The summed E-state index contributed by atoms with van der Waals surface area (Å²) in [6, 6.07) is 0.516. The van der Waals surface area contributed by atoms with Crippen LogP contribution in [0.5, 0.6) is 0 Å². The van der Waals surface area contributed by atoms with Gasteiger partial charge in [-0.05, 0) is 46.1 Å². The lowest BCUT2D eigenvalue weighted by Crippen LogP contribution is -2.43. The third-order valence-electron chi connectivity index (χ3n) is 3.23. The molecule has 1 amide bonds. The molecule has 0 radical (unpaired) electrons. The number of amides is 1. The molecule has 4 N–H and O–H groups in total. The molecule has 4 nitrogen and oxygen atoms in total. The molecule has 2 unspecified atom stereocenters. The molecule has 1 aliphatic carbocycles. The van der Waals surface area contributed by atoms with Crippen LogP contribution in [0.25, 0.3) is 0 Å². The topological polar surface area (TPSA) is 67.2 Å². The second kappa shape index (κ2) is 6.36. The summed E-state index contributed by atoms with van der Waals surface area (Å²) in [6.45, 7) is 7.51. The molecule has 0 bridgehead atoms. The number of hydrogen-bond acceptors (Lipinski definition) is 3. The molecule has 0 saturated heterocycles. The number of nitrogens with one attached hydrogen (secondary N) is 2. The molecule has 1 saturated carbocycles. The largest absolute Gasteiger partial charge is 0.351 e. The molecule has 1 aliphatic rings. The Hall–Kier alpha value is -0.610. The van der Waals surface area contributed by atoms with Gasteiger partial charge < -0.3 is 16.4 Å². The van der Waals surface area contributed by atoms with E-state index in [-0.39, 0.29) is 11.4 Å². The average molecular weight is 241 g/mol. The van der Waals surface area contributed by atoms with Crippen molar-refractivity contribution < 1.29 is 4.79 Å². The summed E-state index contributed by atoms with van der Waals surface area (Å²) in [5, 5.41) is 6.42. The fourth-order valence-electron chi connectivity index (χ4n) is 2.44. The Labute approximate surface area is 105 Å². The quantitative estimate of drug-likeness (QED) is 0.673. The highest BCUT2D eigenvalue weighted by Crippen LogP contribution is 2.24. The number of carbonyl (C=O) groups is 1. The molecule has 100 valence electrons. The lowest BCUT2D eigenvalue weighted by molar-refractivity contribution is -0.122. The molecular weight excluding hydrogens is 214 g/mol. The zero-order chi connectivity index (χ0) is 12.9. The minimum atomic E-state index is -0.135. The number of nitrogens with two attached hydrogens (primary N) is 1. The molecule has 17 heavy (non-hydrogen) atoms. The third kappa shape index (κ3) is 5.50. The van der Waals surface area contributed by atoms with Crippen LogP contribution in [-0.4, -0.2) is 30.6 Å². The summed E-state index contributed by atoms with van der Waals surface area (Å²) in [5.74, 6) is 0.716. The minimum absolute atomic E-state index is 0.118. The summed E-state index contributed by atoms with van der Waals surface area (Å²) in [6.07, 6.45) is 4.23. The van der Waals surface area contributed by atoms with Crippen molar-refractivity contribution in [3.8, 4) is 0 Å². The first-order chi connectivity index (χ1) is 7.92. The van der Waals surface area contributed by atoms with Crippen molar-refractivity contribution in [2.45, 2.75) is 58.0 Å². The molecule has 0 spiro atoms. The van der Waals surface area contributed by atoms with Gasteiger partial charge in [-0.3, -0.25) is 4.79 Å². The molecule has 0 aromatic carbocycles. The third-order valence-corrected chi connectivity index (χ3v) is 3.23. The smallest absolute Gasteiger partial charge is 0.221 e. The van der Waals surface area contributed by atoms with Gasteiger partial charge in [-0.1, -0.05) is 6.42 Å². The van der Waals surface area contributed by atoms with Crippen LogP contribution in [-0.2, 0) is 4.79 Å². The van der Waals surface area contributed by atoms with E-state index in [1.54, 1.807) is 0 Å². The Kier molecular flexibility index (Phi) is 5.40. The van der Waals surface area contributed by atoms with Crippen LogP contribution < -0.4 is 16.4 Å². The monoisotopic (exact) mass is 241 g/mol. The van der Waals surface area contributed by atoms with Gasteiger partial charge in [-0.25, -0.2) is 0 Å². The first-order valence-electron chi connectivity index (χ1n) is 6.67. The maximum absolute atomic E-state index is 11.6. The molecule has 0 aliphatic heterocycles. The highest BCUT2D eigenvalue weighted by atomic mass is 16.1. The molecule has 0 heterocycles. The summed E-state index contributed by atoms with van der Waals surface area (Å²) in [5.41, 5.74) is 5.59. The van der Waals surface area contributed by atoms with Gasteiger partial charge in [0.2, 0.25) is 5.91 Å². The van der Waals surface area contributed by atoms with Crippen molar-refractivity contribution in [2.75, 3.05) is 13.1 Å². The Balaban J connectivity index is 2.17. The van der Waals surface area contributed by atoms with Gasteiger partial charge in [0.15, 0.2) is 0 Å². The van der Waals surface area contributed by atoms with Gasteiger partial charge in [-0.15, -0.1) is 0 Å². The van der Waals surface area contributed by atoms with E-state index in [0.717, 1.165) is 13.1 Å². The fraction of sp³-hybridized carbons (Fsp3) is 0.923. The number of carbonyl (C=O) groups excluding carboxylic acids is 1. The van der Waals surface area contributed by atoms with Gasteiger partial charge in [0, 0.05) is 24.5 Å². The predicted octanol–water partition coefficient (Wildman–Crippen LogP) is 1.01. The van der Waals surface area contributed by atoms with E-state index in [4.69, 9.17) is 5.73 Å².